The highest BCUT2D eigenvalue weighted by Crippen LogP contribution is 2.26. The second-order valence-corrected chi connectivity index (χ2v) is 5.00. The first-order valence-electron chi connectivity index (χ1n) is 6.28. The first-order chi connectivity index (χ1) is 8.82. The van der Waals surface area contributed by atoms with Crippen molar-refractivity contribution >= 4 is 17.3 Å². The van der Waals surface area contributed by atoms with Gasteiger partial charge in [-0.1, -0.05) is 0 Å². The van der Waals surface area contributed by atoms with Gasteiger partial charge in [-0.25, -0.2) is 0 Å². The van der Waals surface area contributed by atoms with E-state index in [-0.39, 0.29) is 18.6 Å². The summed E-state index contributed by atoms with van der Waals surface area (Å²) in [5.74, 6) is 0.473. The molecule has 0 aliphatic carbocycles. The van der Waals surface area contributed by atoms with E-state index in [0.29, 0.717) is 11.4 Å². The minimum Gasteiger partial charge on any atom is -0.482 e. The molecule has 0 bridgehead atoms. The minimum absolute atomic E-state index is 0.00420. The van der Waals surface area contributed by atoms with E-state index in [1.54, 1.807) is 18.0 Å². The number of likely N-dealkylation sites (N-methyl/N-ethyl adjacent to an activating group) is 1. The van der Waals surface area contributed by atoms with E-state index in [1.807, 2.05) is 45.0 Å². The number of carbonyl (C=O) groups is 1. The molecule has 0 atom stereocenters. The van der Waals surface area contributed by atoms with Crippen LogP contribution in [-0.2, 0) is 4.79 Å². The molecule has 0 spiro atoms. The zero-order valence-electron chi connectivity index (χ0n) is 12.3. The Hall–Kier alpha value is -1.91. The van der Waals surface area contributed by atoms with Gasteiger partial charge >= 0.3 is 0 Å². The number of carbonyl (C=O) groups excluding carboxylic acids is 1. The van der Waals surface area contributed by atoms with E-state index in [2.05, 4.69) is 0 Å². The molecule has 0 aliphatic rings. The smallest absolute Gasteiger partial charge is 0.260 e. The Labute approximate surface area is 114 Å². The molecule has 0 heterocycles. The standard InChI is InChI=1S/C14H23N3O2/c1-10(2)17(5)14(18)9-19-13-8-11(16(3)4)6-7-12(13)15/h6-8,10H,9,15H2,1-5H3. The number of nitrogens with two attached hydrogens (primary N) is 1. The molecule has 5 heteroatoms. The summed E-state index contributed by atoms with van der Waals surface area (Å²) in [7, 11) is 5.63. The first-order valence-corrected chi connectivity index (χ1v) is 6.28. The highest BCUT2D eigenvalue weighted by molar-refractivity contribution is 5.78. The monoisotopic (exact) mass is 265 g/mol. The lowest BCUT2D eigenvalue weighted by atomic mass is 10.2. The van der Waals surface area contributed by atoms with Crippen molar-refractivity contribution in [3.8, 4) is 5.75 Å². The molecule has 0 fully saturated rings. The van der Waals surface area contributed by atoms with Crippen LogP contribution < -0.4 is 15.4 Å². The largest absolute Gasteiger partial charge is 0.482 e. The van der Waals surface area contributed by atoms with Crippen LogP contribution in [0.3, 0.4) is 0 Å². The van der Waals surface area contributed by atoms with E-state index < -0.39 is 0 Å². The molecule has 0 aliphatic heterocycles. The van der Waals surface area contributed by atoms with E-state index in [0.717, 1.165) is 5.69 Å². The summed E-state index contributed by atoms with van der Waals surface area (Å²) >= 11 is 0. The number of anilines is 2. The van der Waals surface area contributed by atoms with Crippen LogP contribution in [0.1, 0.15) is 13.8 Å². The van der Waals surface area contributed by atoms with Crippen molar-refractivity contribution in [2.45, 2.75) is 19.9 Å². The van der Waals surface area contributed by atoms with Gasteiger partial charge in [0.15, 0.2) is 6.61 Å². The third kappa shape index (κ3) is 4.05. The average molecular weight is 265 g/mol. The molecular weight excluding hydrogens is 242 g/mol. The Kier molecular flexibility index (Phi) is 5.03. The van der Waals surface area contributed by atoms with Gasteiger partial charge in [0.05, 0.1) is 5.69 Å². The molecule has 2 N–H and O–H groups in total. The Morgan fingerprint density at radius 3 is 2.47 bits per heavy atom. The SMILES string of the molecule is CC(C)N(C)C(=O)COc1cc(N(C)C)ccc1N. The molecule has 0 saturated heterocycles. The van der Waals surface area contributed by atoms with Crippen LogP contribution in [0.5, 0.6) is 5.75 Å². The number of nitrogens with zero attached hydrogens (tertiary/aromatic N) is 2. The van der Waals surface area contributed by atoms with Crippen LogP contribution in [0, 0.1) is 0 Å². The van der Waals surface area contributed by atoms with Gasteiger partial charge in [0.25, 0.3) is 5.91 Å². The van der Waals surface area contributed by atoms with Crippen molar-refractivity contribution < 1.29 is 9.53 Å². The molecule has 106 valence electrons. The van der Waals surface area contributed by atoms with Crippen molar-refractivity contribution in [3.05, 3.63) is 18.2 Å². The van der Waals surface area contributed by atoms with Gasteiger partial charge in [-0.2, -0.15) is 0 Å². The number of hydrogen-bond donors (Lipinski definition) is 1. The van der Waals surface area contributed by atoms with Gasteiger partial charge in [0.2, 0.25) is 0 Å². The Balaban J connectivity index is 2.72. The summed E-state index contributed by atoms with van der Waals surface area (Å²) in [6, 6.07) is 5.67. The predicted molar refractivity (Wildman–Crippen MR) is 78.6 cm³/mol. The number of amides is 1. The Morgan fingerprint density at radius 2 is 1.95 bits per heavy atom. The number of nitrogen functional groups attached to an aromatic ring is 1. The molecule has 0 unspecified atom stereocenters. The number of hydrogen-bond acceptors (Lipinski definition) is 4. The second kappa shape index (κ2) is 6.31. The lowest BCUT2D eigenvalue weighted by molar-refractivity contribution is -0.133. The second-order valence-electron chi connectivity index (χ2n) is 5.00. The summed E-state index contributed by atoms with van der Waals surface area (Å²) in [5.41, 5.74) is 7.36. The molecular formula is C14H23N3O2. The summed E-state index contributed by atoms with van der Waals surface area (Å²) in [6.07, 6.45) is 0. The molecule has 1 rings (SSSR count). The Morgan fingerprint density at radius 1 is 1.32 bits per heavy atom. The molecule has 1 aromatic rings. The van der Waals surface area contributed by atoms with Crippen LogP contribution in [0.25, 0.3) is 0 Å². The summed E-state index contributed by atoms with van der Waals surface area (Å²) in [6.45, 7) is 3.91. The van der Waals surface area contributed by atoms with Crippen molar-refractivity contribution in [1.29, 1.82) is 0 Å². The molecule has 19 heavy (non-hydrogen) atoms. The van der Waals surface area contributed by atoms with Crippen LogP contribution >= 0.6 is 0 Å². The maximum atomic E-state index is 11.8. The number of benzene rings is 1. The fraction of sp³-hybridized carbons (Fsp3) is 0.500. The van der Waals surface area contributed by atoms with Crippen molar-refractivity contribution in [3.63, 3.8) is 0 Å². The normalized spacial score (nSPS) is 10.4. The van der Waals surface area contributed by atoms with Crippen LogP contribution in [0.15, 0.2) is 18.2 Å². The summed E-state index contributed by atoms with van der Waals surface area (Å²) in [5, 5.41) is 0. The van der Waals surface area contributed by atoms with Gasteiger partial charge in [-0.05, 0) is 26.0 Å². The van der Waals surface area contributed by atoms with Gasteiger partial charge < -0.3 is 20.3 Å². The predicted octanol–water partition coefficient (Wildman–Crippen LogP) is 1.58. The summed E-state index contributed by atoms with van der Waals surface area (Å²) < 4.78 is 5.52. The fourth-order valence-corrected chi connectivity index (χ4v) is 1.46. The molecule has 1 amide bonds. The molecule has 0 radical (unpaired) electrons. The van der Waals surface area contributed by atoms with Crippen molar-refractivity contribution in [2.24, 2.45) is 0 Å². The Bertz CT molecular complexity index is 444. The van der Waals surface area contributed by atoms with Gasteiger partial charge in [0.1, 0.15) is 5.75 Å². The third-order valence-corrected chi connectivity index (χ3v) is 3.03. The van der Waals surface area contributed by atoms with Crippen LogP contribution in [-0.4, -0.2) is 44.6 Å². The topological polar surface area (TPSA) is 58.8 Å². The van der Waals surface area contributed by atoms with E-state index >= 15 is 0 Å². The van der Waals surface area contributed by atoms with Crippen molar-refractivity contribution in [1.82, 2.24) is 4.90 Å². The van der Waals surface area contributed by atoms with Gasteiger partial charge in [-0.3, -0.25) is 4.79 Å². The zero-order chi connectivity index (χ0) is 14.6. The maximum absolute atomic E-state index is 11.8. The van der Waals surface area contributed by atoms with Gasteiger partial charge in [0, 0.05) is 38.9 Å². The zero-order valence-corrected chi connectivity index (χ0v) is 12.3. The number of rotatable bonds is 5. The minimum atomic E-state index is -0.0651. The molecule has 1 aromatic carbocycles. The molecule has 5 nitrogen and oxygen atoms in total. The highest BCUT2D eigenvalue weighted by Gasteiger charge is 2.13. The first kappa shape index (κ1) is 15.1. The van der Waals surface area contributed by atoms with Crippen molar-refractivity contribution in [2.75, 3.05) is 38.4 Å². The van der Waals surface area contributed by atoms with Gasteiger partial charge in [-0.15, -0.1) is 0 Å². The van der Waals surface area contributed by atoms with E-state index in [4.69, 9.17) is 10.5 Å². The lowest BCUT2D eigenvalue weighted by Gasteiger charge is -2.22. The molecule has 0 aromatic heterocycles. The summed E-state index contributed by atoms with van der Waals surface area (Å²) in [4.78, 5) is 15.4. The molecule has 0 saturated carbocycles. The highest BCUT2D eigenvalue weighted by atomic mass is 16.5. The average Bonchev–Trinajstić information content (AvgIpc) is 2.35. The maximum Gasteiger partial charge on any atom is 0.260 e. The van der Waals surface area contributed by atoms with Crippen LogP contribution in [0.2, 0.25) is 0 Å². The van der Waals surface area contributed by atoms with E-state index in [1.165, 1.54) is 0 Å². The number of ether oxygens (including phenoxy) is 1. The van der Waals surface area contributed by atoms with Crippen LogP contribution in [0.4, 0.5) is 11.4 Å². The third-order valence-electron chi connectivity index (χ3n) is 3.03. The quantitative estimate of drug-likeness (QED) is 0.821. The van der Waals surface area contributed by atoms with E-state index in [9.17, 15) is 4.79 Å². The fourth-order valence-electron chi connectivity index (χ4n) is 1.46. The lowest BCUT2D eigenvalue weighted by Crippen LogP contribution is -2.36.